The van der Waals surface area contributed by atoms with Crippen molar-refractivity contribution in [3.05, 3.63) is 53.6 Å². The molecule has 0 bridgehead atoms. The van der Waals surface area contributed by atoms with Crippen molar-refractivity contribution >= 4 is 11.8 Å². The predicted molar refractivity (Wildman–Crippen MR) is 67.4 cm³/mol. The monoisotopic (exact) mass is 241 g/mol. The van der Waals surface area contributed by atoms with Crippen LogP contribution in [0.15, 0.2) is 42.5 Å². The zero-order valence-electron chi connectivity index (χ0n) is 9.51. The Kier molecular flexibility index (Phi) is 2.41. The average molecular weight is 241 g/mol. The number of para-hydroxylation sites is 2. The summed E-state index contributed by atoms with van der Waals surface area (Å²) >= 11 is 0. The van der Waals surface area contributed by atoms with Crippen LogP contribution in [-0.2, 0) is 6.42 Å². The minimum Gasteiger partial charge on any atom is -0.465 e. The number of amides is 1. The number of rotatable bonds is 1. The first-order valence-corrected chi connectivity index (χ1v) is 5.61. The summed E-state index contributed by atoms with van der Waals surface area (Å²) in [6.45, 7) is 0. The van der Waals surface area contributed by atoms with E-state index in [1.807, 2.05) is 36.4 Å². The summed E-state index contributed by atoms with van der Waals surface area (Å²) in [6.07, 6.45) is -0.341. The Morgan fingerprint density at radius 2 is 1.89 bits per heavy atom. The molecule has 18 heavy (non-hydrogen) atoms. The molecule has 0 fully saturated rings. The number of ether oxygens (including phenoxy) is 1. The van der Waals surface area contributed by atoms with Gasteiger partial charge in [-0.05, 0) is 17.7 Å². The van der Waals surface area contributed by atoms with E-state index in [1.54, 1.807) is 6.07 Å². The maximum absolute atomic E-state index is 10.7. The van der Waals surface area contributed by atoms with Gasteiger partial charge >= 0.3 is 6.09 Å². The van der Waals surface area contributed by atoms with Crippen LogP contribution in [0.3, 0.4) is 0 Å². The highest BCUT2D eigenvalue weighted by molar-refractivity contribution is 5.86. The number of fused-ring (bicyclic) bond motifs is 2. The molecule has 2 aromatic rings. The molecule has 0 spiro atoms. The van der Waals surface area contributed by atoms with Gasteiger partial charge in [0.15, 0.2) is 5.75 Å². The first-order valence-electron chi connectivity index (χ1n) is 5.61. The SMILES string of the molecule is O=C(O)Nc1cccc2c1Oc1ccccc1C2. The third-order valence-corrected chi connectivity index (χ3v) is 2.90. The number of nitrogens with one attached hydrogen (secondary N) is 1. The molecule has 0 aromatic heterocycles. The fourth-order valence-electron chi connectivity index (χ4n) is 2.12. The molecule has 4 nitrogen and oxygen atoms in total. The number of hydrogen-bond acceptors (Lipinski definition) is 2. The van der Waals surface area contributed by atoms with E-state index in [4.69, 9.17) is 9.84 Å². The lowest BCUT2D eigenvalue weighted by Crippen LogP contribution is -2.11. The lowest BCUT2D eigenvalue weighted by molar-refractivity contribution is 0.209. The highest BCUT2D eigenvalue weighted by Gasteiger charge is 2.19. The standard InChI is InChI=1S/C14H11NO3/c16-14(17)15-11-6-3-5-10-8-9-4-1-2-7-12(9)18-13(10)11/h1-7,15H,8H2,(H,16,17). The van der Waals surface area contributed by atoms with Crippen molar-refractivity contribution in [3.8, 4) is 11.5 Å². The maximum Gasteiger partial charge on any atom is 0.409 e. The van der Waals surface area contributed by atoms with Crippen molar-refractivity contribution < 1.29 is 14.6 Å². The summed E-state index contributed by atoms with van der Waals surface area (Å²) in [5.74, 6) is 1.38. The lowest BCUT2D eigenvalue weighted by atomic mass is 10.00. The molecule has 90 valence electrons. The fraction of sp³-hybridized carbons (Fsp3) is 0.0714. The average Bonchev–Trinajstić information content (AvgIpc) is 2.36. The number of anilines is 1. The minimum absolute atomic E-state index is 0.481. The molecule has 2 N–H and O–H groups in total. The first kappa shape index (κ1) is 10.7. The molecular weight excluding hydrogens is 230 g/mol. The molecule has 1 amide bonds. The van der Waals surface area contributed by atoms with Gasteiger partial charge in [-0.2, -0.15) is 0 Å². The number of carbonyl (C=O) groups is 1. The molecule has 0 saturated heterocycles. The van der Waals surface area contributed by atoms with E-state index in [2.05, 4.69) is 5.32 Å². The Morgan fingerprint density at radius 1 is 1.11 bits per heavy atom. The van der Waals surface area contributed by atoms with Crippen LogP contribution in [-0.4, -0.2) is 11.2 Å². The Bertz CT molecular complexity index is 622. The van der Waals surface area contributed by atoms with Crippen LogP contribution >= 0.6 is 0 Å². The highest BCUT2D eigenvalue weighted by atomic mass is 16.5. The Labute approximate surface area is 104 Å². The smallest absolute Gasteiger partial charge is 0.409 e. The van der Waals surface area contributed by atoms with Gasteiger partial charge in [-0.15, -0.1) is 0 Å². The van der Waals surface area contributed by atoms with E-state index in [-0.39, 0.29) is 0 Å². The second-order valence-electron chi connectivity index (χ2n) is 4.11. The van der Waals surface area contributed by atoms with Crippen molar-refractivity contribution in [2.45, 2.75) is 6.42 Å². The Balaban J connectivity index is 2.04. The molecule has 1 heterocycles. The summed E-state index contributed by atoms with van der Waals surface area (Å²) in [5.41, 5.74) is 2.58. The van der Waals surface area contributed by atoms with E-state index in [1.165, 1.54) is 0 Å². The van der Waals surface area contributed by atoms with Crippen molar-refractivity contribution in [3.63, 3.8) is 0 Å². The van der Waals surface area contributed by atoms with Crippen LogP contribution in [0, 0.1) is 0 Å². The van der Waals surface area contributed by atoms with Gasteiger partial charge in [-0.1, -0.05) is 30.3 Å². The molecule has 0 saturated carbocycles. The molecule has 0 radical (unpaired) electrons. The van der Waals surface area contributed by atoms with Crippen LogP contribution in [0.2, 0.25) is 0 Å². The summed E-state index contributed by atoms with van der Waals surface area (Å²) < 4.78 is 5.78. The summed E-state index contributed by atoms with van der Waals surface area (Å²) in [7, 11) is 0. The third-order valence-electron chi connectivity index (χ3n) is 2.90. The van der Waals surface area contributed by atoms with Gasteiger partial charge in [0.05, 0.1) is 5.69 Å². The van der Waals surface area contributed by atoms with Gasteiger partial charge in [0.25, 0.3) is 0 Å². The molecule has 3 rings (SSSR count). The Morgan fingerprint density at radius 3 is 2.72 bits per heavy atom. The minimum atomic E-state index is -1.09. The molecule has 1 aliphatic rings. The molecule has 1 aliphatic heterocycles. The van der Waals surface area contributed by atoms with E-state index in [9.17, 15) is 4.79 Å². The summed E-state index contributed by atoms with van der Waals surface area (Å²) in [4.78, 5) is 10.7. The zero-order valence-corrected chi connectivity index (χ0v) is 9.51. The predicted octanol–water partition coefficient (Wildman–Crippen LogP) is 3.47. The fourth-order valence-corrected chi connectivity index (χ4v) is 2.12. The van der Waals surface area contributed by atoms with Gasteiger partial charge in [-0.25, -0.2) is 4.79 Å². The highest BCUT2D eigenvalue weighted by Crippen LogP contribution is 2.40. The maximum atomic E-state index is 10.7. The van der Waals surface area contributed by atoms with Crippen LogP contribution in [0.4, 0.5) is 10.5 Å². The Hall–Kier alpha value is -2.49. The van der Waals surface area contributed by atoms with Crippen LogP contribution in [0.5, 0.6) is 11.5 Å². The normalized spacial score (nSPS) is 12.0. The van der Waals surface area contributed by atoms with E-state index in [0.29, 0.717) is 11.4 Å². The van der Waals surface area contributed by atoms with Crippen molar-refractivity contribution in [1.82, 2.24) is 0 Å². The van der Waals surface area contributed by atoms with Crippen molar-refractivity contribution in [1.29, 1.82) is 0 Å². The zero-order chi connectivity index (χ0) is 12.5. The summed E-state index contributed by atoms with van der Waals surface area (Å²) in [5, 5.41) is 11.2. The second kappa shape index (κ2) is 4.07. The number of carboxylic acid groups (broad SMARTS) is 1. The molecule has 0 atom stereocenters. The van der Waals surface area contributed by atoms with Crippen molar-refractivity contribution in [2.75, 3.05) is 5.32 Å². The quantitative estimate of drug-likeness (QED) is 0.685. The largest absolute Gasteiger partial charge is 0.465 e. The van der Waals surface area contributed by atoms with E-state index < -0.39 is 6.09 Å². The van der Waals surface area contributed by atoms with Crippen molar-refractivity contribution in [2.24, 2.45) is 0 Å². The van der Waals surface area contributed by atoms with Crippen LogP contribution < -0.4 is 10.1 Å². The van der Waals surface area contributed by atoms with Gasteiger partial charge < -0.3 is 9.84 Å². The lowest BCUT2D eigenvalue weighted by Gasteiger charge is -2.22. The van der Waals surface area contributed by atoms with Crippen LogP contribution in [0.25, 0.3) is 0 Å². The second-order valence-corrected chi connectivity index (χ2v) is 4.11. The molecule has 4 heteroatoms. The van der Waals surface area contributed by atoms with Gasteiger partial charge in [0.2, 0.25) is 0 Å². The third kappa shape index (κ3) is 1.78. The molecule has 0 aliphatic carbocycles. The molecule has 0 unspecified atom stereocenters. The van der Waals surface area contributed by atoms with Gasteiger partial charge in [0, 0.05) is 12.0 Å². The van der Waals surface area contributed by atoms with Gasteiger partial charge in [-0.3, -0.25) is 5.32 Å². The van der Waals surface area contributed by atoms with E-state index in [0.717, 1.165) is 23.3 Å². The molecular formula is C14H11NO3. The van der Waals surface area contributed by atoms with E-state index >= 15 is 0 Å². The number of hydrogen-bond donors (Lipinski definition) is 2. The topological polar surface area (TPSA) is 58.6 Å². The number of benzene rings is 2. The van der Waals surface area contributed by atoms with Gasteiger partial charge in [0.1, 0.15) is 5.75 Å². The van der Waals surface area contributed by atoms with Crippen LogP contribution in [0.1, 0.15) is 11.1 Å². The summed E-state index contributed by atoms with van der Waals surface area (Å²) in [6, 6.07) is 13.2. The first-order chi connectivity index (χ1) is 8.74. The molecule has 2 aromatic carbocycles.